The van der Waals surface area contributed by atoms with E-state index in [0.29, 0.717) is 10.4 Å². The standard InChI is InChI=1S/C22H17F3N8O2/c23-22(24,25)17-12-19(34)33(26)20(29-17)27-15-8-4-5-9-16(15)28-21(35)30-18-11-10-14(31-32-18)13-6-2-1-3-7-13/h1-12H,26H2,(H,27,29)(H2,28,30,32,35). The Bertz CT molecular complexity index is 1410. The zero-order valence-corrected chi connectivity index (χ0v) is 17.7. The maximum Gasteiger partial charge on any atom is 0.433 e. The van der Waals surface area contributed by atoms with Crippen LogP contribution in [0.3, 0.4) is 0 Å². The van der Waals surface area contributed by atoms with E-state index >= 15 is 0 Å². The van der Waals surface area contributed by atoms with E-state index in [9.17, 15) is 22.8 Å². The number of nitrogen functional groups attached to an aromatic ring is 1. The predicted octanol–water partition coefficient (Wildman–Crippen LogP) is 3.82. The van der Waals surface area contributed by atoms with Crippen LogP contribution in [0.5, 0.6) is 0 Å². The number of amides is 2. The summed E-state index contributed by atoms with van der Waals surface area (Å²) in [6, 6.07) is 18.3. The molecule has 4 rings (SSSR count). The molecular weight excluding hydrogens is 465 g/mol. The molecule has 0 spiro atoms. The van der Waals surface area contributed by atoms with Gasteiger partial charge < -0.3 is 16.5 Å². The van der Waals surface area contributed by atoms with Crippen molar-refractivity contribution in [1.29, 1.82) is 0 Å². The first-order chi connectivity index (χ1) is 16.7. The molecule has 0 fully saturated rings. The van der Waals surface area contributed by atoms with Crippen LogP contribution >= 0.6 is 0 Å². The van der Waals surface area contributed by atoms with Gasteiger partial charge in [0.25, 0.3) is 5.56 Å². The number of hydrogen-bond acceptors (Lipinski definition) is 7. The Hall–Kier alpha value is -4.94. The Morgan fingerprint density at radius 3 is 2.23 bits per heavy atom. The second-order valence-electron chi connectivity index (χ2n) is 7.09. The number of rotatable bonds is 5. The van der Waals surface area contributed by atoms with E-state index in [2.05, 4.69) is 31.1 Å². The van der Waals surface area contributed by atoms with E-state index < -0.39 is 29.4 Å². The molecular formula is C22H17F3N8O2. The van der Waals surface area contributed by atoms with Gasteiger partial charge in [-0.25, -0.2) is 9.78 Å². The third-order valence-corrected chi connectivity index (χ3v) is 4.64. The fourth-order valence-electron chi connectivity index (χ4n) is 2.98. The first-order valence-corrected chi connectivity index (χ1v) is 10.0. The molecule has 10 nitrogen and oxygen atoms in total. The maximum atomic E-state index is 13.0. The highest BCUT2D eigenvalue weighted by atomic mass is 19.4. The lowest BCUT2D eigenvalue weighted by molar-refractivity contribution is -0.141. The number of para-hydroxylation sites is 2. The predicted molar refractivity (Wildman–Crippen MR) is 123 cm³/mol. The number of nitrogens with one attached hydrogen (secondary N) is 3. The van der Waals surface area contributed by atoms with Crippen LogP contribution in [0.4, 0.5) is 41.1 Å². The number of alkyl halides is 3. The van der Waals surface area contributed by atoms with Crippen molar-refractivity contribution in [2.45, 2.75) is 6.18 Å². The summed E-state index contributed by atoms with van der Waals surface area (Å²) in [5.41, 5.74) is -0.739. The van der Waals surface area contributed by atoms with Gasteiger partial charge >= 0.3 is 12.2 Å². The molecule has 0 atom stereocenters. The lowest BCUT2D eigenvalue weighted by Gasteiger charge is -2.15. The maximum absolute atomic E-state index is 13.0. The Morgan fingerprint density at radius 2 is 1.57 bits per heavy atom. The largest absolute Gasteiger partial charge is 0.433 e. The molecule has 2 amide bonds. The summed E-state index contributed by atoms with van der Waals surface area (Å²) in [7, 11) is 0. The minimum absolute atomic E-state index is 0.138. The Morgan fingerprint density at radius 1 is 0.886 bits per heavy atom. The van der Waals surface area contributed by atoms with Crippen molar-refractivity contribution in [2.75, 3.05) is 21.8 Å². The minimum atomic E-state index is -4.85. The van der Waals surface area contributed by atoms with Gasteiger partial charge in [0.1, 0.15) is 0 Å². The van der Waals surface area contributed by atoms with Gasteiger partial charge in [-0.3, -0.25) is 10.1 Å². The smallest absolute Gasteiger partial charge is 0.333 e. The molecule has 35 heavy (non-hydrogen) atoms. The van der Waals surface area contributed by atoms with E-state index in [4.69, 9.17) is 5.84 Å². The monoisotopic (exact) mass is 482 g/mol. The topological polar surface area (TPSA) is 140 Å². The van der Waals surface area contributed by atoms with Crippen molar-refractivity contribution in [2.24, 2.45) is 0 Å². The first-order valence-electron chi connectivity index (χ1n) is 10.0. The number of carbonyl (C=O) groups is 1. The van der Waals surface area contributed by atoms with Crippen molar-refractivity contribution in [3.63, 3.8) is 0 Å². The van der Waals surface area contributed by atoms with Crippen molar-refractivity contribution in [3.8, 4) is 11.3 Å². The SMILES string of the molecule is Nn1c(Nc2ccccc2NC(=O)Nc2ccc(-c3ccccc3)nn2)nc(C(F)(F)F)cc1=O. The number of hydrogen-bond donors (Lipinski definition) is 4. The summed E-state index contributed by atoms with van der Waals surface area (Å²) in [5, 5.41) is 15.7. The molecule has 2 heterocycles. The lowest BCUT2D eigenvalue weighted by atomic mass is 10.1. The van der Waals surface area contributed by atoms with Crippen LogP contribution in [0.15, 0.2) is 77.6 Å². The summed E-state index contributed by atoms with van der Waals surface area (Å²) in [6.07, 6.45) is -4.85. The molecule has 0 bridgehead atoms. The molecule has 4 aromatic rings. The van der Waals surface area contributed by atoms with Gasteiger partial charge in [0.2, 0.25) is 5.95 Å². The number of urea groups is 1. The van der Waals surface area contributed by atoms with E-state index in [1.54, 1.807) is 24.3 Å². The van der Waals surface area contributed by atoms with Crippen LogP contribution in [-0.4, -0.2) is 25.9 Å². The number of nitrogens with two attached hydrogens (primary N) is 1. The number of nitrogens with zero attached hydrogens (tertiary/aromatic N) is 4. The van der Waals surface area contributed by atoms with Gasteiger partial charge in [0.05, 0.1) is 17.1 Å². The second kappa shape index (κ2) is 9.51. The fraction of sp³-hybridized carbons (Fsp3) is 0.0455. The summed E-state index contributed by atoms with van der Waals surface area (Å²) >= 11 is 0. The van der Waals surface area contributed by atoms with Crippen LogP contribution in [0.25, 0.3) is 11.3 Å². The molecule has 2 aromatic heterocycles. The quantitative estimate of drug-likeness (QED) is 0.317. The molecule has 0 radical (unpaired) electrons. The molecule has 0 aliphatic heterocycles. The number of benzene rings is 2. The van der Waals surface area contributed by atoms with Crippen molar-refractivity contribution in [1.82, 2.24) is 19.9 Å². The third-order valence-electron chi connectivity index (χ3n) is 4.64. The van der Waals surface area contributed by atoms with Gasteiger partial charge in [-0.1, -0.05) is 42.5 Å². The van der Waals surface area contributed by atoms with Crippen LogP contribution < -0.4 is 27.4 Å². The molecule has 0 aliphatic rings. The van der Waals surface area contributed by atoms with Gasteiger partial charge in [0.15, 0.2) is 11.5 Å². The van der Waals surface area contributed by atoms with Gasteiger partial charge in [-0.05, 0) is 24.3 Å². The van der Waals surface area contributed by atoms with Crippen LogP contribution in [0, 0.1) is 0 Å². The van der Waals surface area contributed by atoms with E-state index in [1.807, 2.05) is 30.3 Å². The average Bonchev–Trinajstić information content (AvgIpc) is 2.83. The molecule has 13 heteroatoms. The van der Waals surface area contributed by atoms with Crippen LogP contribution in [0.1, 0.15) is 5.69 Å². The number of anilines is 4. The Kier molecular flexibility index (Phi) is 6.31. The lowest BCUT2D eigenvalue weighted by Crippen LogP contribution is -2.32. The summed E-state index contributed by atoms with van der Waals surface area (Å²) in [6.45, 7) is 0. The second-order valence-corrected chi connectivity index (χ2v) is 7.09. The fourth-order valence-corrected chi connectivity index (χ4v) is 2.98. The highest BCUT2D eigenvalue weighted by Gasteiger charge is 2.34. The molecule has 0 unspecified atom stereocenters. The number of carbonyl (C=O) groups excluding carboxylic acids is 1. The Labute approximate surface area is 195 Å². The highest BCUT2D eigenvalue weighted by Crippen LogP contribution is 2.29. The summed E-state index contributed by atoms with van der Waals surface area (Å²) in [4.78, 5) is 27.7. The average molecular weight is 482 g/mol. The zero-order valence-electron chi connectivity index (χ0n) is 17.7. The third kappa shape index (κ3) is 5.52. The molecule has 0 saturated carbocycles. The van der Waals surface area contributed by atoms with Crippen molar-refractivity contribution >= 4 is 29.2 Å². The first kappa shape index (κ1) is 23.2. The van der Waals surface area contributed by atoms with Gasteiger partial charge in [-0.15, -0.1) is 10.2 Å². The van der Waals surface area contributed by atoms with Gasteiger partial charge in [-0.2, -0.15) is 17.8 Å². The van der Waals surface area contributed by atoms with Crippen molar-refractivity contribution < 1.29 is 18.0 Å². The zero-order chi connectivity index (χ0) is 25.0. The van der Waals surface area contributed by atoms with Crippen LogP contribution in [0.2, 0.25) is 0 Å². The molecule has 5 N–H and O–H groups in total. The molecule has 178 valence electrons. The highest BCUT2D eigenvalue weighted by molar-refractivity contribution is 6.01. The van der Waals surface area contributed by atoms with Crippen molar-refractivity contribution in [3.05, 3.63) is 88.8 Å². The normalized spacial score (nSPS) is 11.1. The van der Waals surface area contributed by atoms with E-state index in [1.165, 1.54) is 12.1 Å². The number of halogens is 3. The Balaban J connectivity index is 1.50. The number of aromatic nitrogens is 4. The van der Waals surface area contributed by atoms with Crippen LogP contribution in [-0.2, 0) is 6.18 Å². The van der Waals surface area contributed by atoms with E-state index in [-0.39, 0.29) is 23.3 Å². The minimum Gasteiger partial charge on any atom is -0.333 e. The molecule has 0 saturated heterocycles. The molecule has 0 aliphatic carbocycles. The van der Waals surface area contributed by atoms with Gasteiger partial charge in [0, 0.05) is 11.6 Å². The summed E-state index contributed by atoms with van der Waals surface area (Å²) in [5.74, 6) is 5.15. The summed E-state index contributed by atoms with van der Waals surface area (Å²) < 4.78 is 39.6. The van der Waals surface area contributed by atoms with E-state index in [0.717, 1.165) is 5.56 Å². The molecule has 2 aromatic carbocycles.